The van der Waals surface area contributed by atoms with Gasteiger partial charge in [-0.15, -0.1) is 0 Å². The number of carbonyl (C=O) groups is 1. The van der Waals surface area contributed by atoms with Gasteiger partial charge in [-0.3, -0.25) is 4.79 Å². The lowest BCUT2D eigenvalue weighted by Crippen LogP contribution is -2.58. The number of pyridine rings is 1. The van der Waals surface area contributed by atoms with Crippen LogP contribution in [0.1, 0.15) is 31.2 Å². The number of halogens is 3. The maximum absolute atomic E-state index is 13.1. The summed E-state index contributed by atoms with van der Waals surface area (Å²) < 4.78 is 62.7. The summed E-state index contributed by atoms with van der Waals surface area (Å²) in [5, 5.41) is 11.7. The van der Waals surface area contributed by atoms with Crippen LogP contribution in [0.4, 0.5) is 19.0 Å². The molecule has 1 aromatic heterocycles. The fraction of sp³-hybridized carbons (Fsp3) is 0.600. The van der Waals surface area contributed by atoms with E-state index < -0.39 is 44.3 Å². The smallest absolute Gasteiger partial charge is 0.419 e. The summed E-state index contributed by atoms with van der Waals surface area (Å²) in [6, 6.07) is 1.59. The van der Waals surface area contributed by atoms with Gasteiger partial charge in [0.05, 0.1) is 22.0 Å². The quantitative estimate of drug-likeness (QED) is 0.838. The molecule has 2 heterocycles. The molecular formula is C15H17F3N2O4S. The molecule has 2 N–H and O–H groups in total. The van der Waals surface area contributed by atoms with Gasteiger partial charge in [-0.1, -0.05) is 0 Å². The summed E-state index contributed by atoms with van der Waals surface area (Å²) >= 11 is 0. The molecule has 0 amide bonds. The van der Waals surface area contributed by atoms with Crippen molar-refractivity contribution in [2.45, 2.75) is 42.6 Å². The van der Waals surface area contributed by atoms with Crippen molar-refractivity contribution in [3.63, 3.8) is 0 Å². The zero-order valence-corrected chi connectivity index (χ0v) is 13.9. The van der Waals surface area contributed by atoms with E-state index in [9.17, 15) is 26.4 Å². The Kier molecular flexibility index (Phi) is 4.21. The number of carboxylic acids is 1. The molecule has 1 unspecified atom stereocenters. The van der Waals surface area contributed by atoms with Crippen LogP contribution in [0, 0.1) is 5.92 Å². The number of aromatic nitrogens is 1. The molecule has 2 aliphatic rings. The van der Waals surface area contributed by atoms with Crippen molar-refractivity contribution in [2.24, 2.45) is 5.92 Å². The number of aliphatic carboxylic acids is 1. The minimum Gasteiger partial charge on any atom is -0.481 e. The van der Waals surface area contributed by atoms with Crippen LogP contribution in [0.25, 0.3) is 0 Å². The summed E-state index contributed by atoms with van der Waals surface area (Å²) in [5.74, 6) is -2.26. The highest BCUT2D eigenvalue weighted by Crippen LogP contribution is 2.50. The topological polar surface area (TPSA) is 96.4 Å². The van der Waals surface area contributed by atoms with E-state index >= 15 is 0 Å². The Morgan fingerprint density at radius 1 is 1.32 bits per heavy atom. The number of carboxylic acid groups (broad SMARTS) is 1. The number of nitrogens with one attached hydrogen (secondary N) is 1. The third kappa shape index (κ3) is 3.19. The number of alkyl halides is 3. The highest BCUT2D eigenvalue weighted by Gasteiger charge is 2.58. The molecule has 1 spiro atoms. The van der Waals surface area contributed by atoms with Gasteiger partial charge in [0.25, 0.3) is 0 Å². The van der Waals surface area contributed by atoms with Crippen molar-refractivity contribution in [1.29, 1.82) is 0 Å². The van der Waals surface area contributed by atoms with E-state index in [0.29, 0.717) is 0 Å². The van der Waals surface area contributed by atoms with Crippen molar-refractivity contribution in [1.82, 2.24) is 4.98 Å². The molecule has 1 saturated heterocycles. The summed E-state index contributed by atoms with van der Waals surface area (Å²) in [5.41, 5.74) is -0.908. The standard InChI is InChI=1S/C15H17F3N2O4S/c16-15(17,18)11-2-1-4-19-12(11)20-10-3-5-25(23,24)14(8-10)6-9(7-14)13(21)22/h1-2,4,9-10H,3,5-8H2,(H,19,20)(H,21,22). The Morgan fingerprint density at radius 3 is 2.60 bits per heavy atom. The van der Waals surface area contributed by atoms with E-state index in [2.05, 4.69) is 10.3 Å². The minimum absolute atomic E-state index is 0.0111. The number of sulfone groups is 1. The van der Waals surface area contributed by atoms with Crippen molar-refractivity contribution < 1.29 is 31.5 Å². The first-order chi connectivity index (χ1) is 11.5. The van der Waals surface area contributed by atoms with Crippen molar-refractivity contribution >= 4 is 21.6 Å². The molecule has 0 radical (unpaired) electrons. The Balaban J connectivity index is 1.79. The Labute approximate surface area is 142 Å². The van der Waals surface area contributed by atoms with Crippen LogP contribution in [-0.2, 0) is 20.8 Å². The van der Waals surface area contributed by atoms with Crippen LogP contribution in [0.2, 0.25) is 0 Å². The van der Waals surface area contributed by atoms with Crippen molar-refractivity contribution in [3.8, 4) is 0 Å². The SMILES string of the molecule is O=C(O)C1CC2(CC(Nc3ncccc3C(F)(F)F)CCS2(=O)=O)C1. The minimum atomic E-state index is -4.57. The molecule has 0 aromatic carbocycles. The van der Waals surface area contributed by atoms with E-state index in [1.807, 2.05) is 0 Å². The van der Waals surface area contributed by atoms with Gasteiger partial charge in [0.2, 0.25) is 0 Å². The number of nitrogens with zero attached hydrogens (tertiary/aromatic N) is 1. The average molecular weight is 378 g/mol. The molecule has 1 aromatic rings. The molecule has 2 fully saturated rings. The van der Waals surface area contributed by atoms with E-state index in [-0.39, 0.29) is 37.3 Å². The summed E-state index contributed by atoms with van der Waals surface area (Å²) in [6.07, 6.45) is -3.06. The molecule has 3 rings (SSSR count). The molecule has 1 atom stereocenters. The maximum Gasteiger partial charge on any atom is 0.419 e. The normalized spacial score (nSPS) is 31.3. The van der Waals surface area contributed by atoms with Crippen LogP contribution in [0.3, 0.4) is 0 Å². The zero-order chi connectivity index (χ0) is 18.5. The van der Waals surface area contributed by atoms with E-state index in [4.69, 9.17) is 5.11 Å². The van der Waals surface area contributed by atoms with Crippen molar-refractivity contribution in [3.05, 3.63) is 23.9 Å². The molecule has 25 heavy (non-hydrogen) atoms. The predicted molar refractivity (Wildman–Crippen MR) is 82.8 cm³/mol. The Bertz CT molecular complexity index is 788. The first-order valence-electron chi connectivity index (χ1n) is 7.78. The first kappa shape index (κ1) is 18.0. The molecule has 1 aliphatic heterocycles. The van der Waals surface area contributed by atoms with E-state index in [0.717, 1.165) is 6.07 Å². The number of hydrogen-bond acceptors (Lipinski definition) is 5. The predicted octanol–water partition coefficient (Wildman–Crippen LogP) is 2.32. The average Bonchev–Trinajstić information content (AvgIpc) is 2.46. The summed E-state index contributed by atoms with van der Waals surface area (Å²) in [4.78, 5) is 14.7. The number of hydrogen-bond donors (Lipinski definition) is 2. The fourth-order valence-electron chi connectivity index (χ4n) is 3.69. The third-order valence-electron chi connectivity index (χ3n) is 5.05. The molecule has 1 saturated carbocycles. The molecule has 1 aliphatic carbocycles. The summed E-state index contributed by atoms with van der Waals surface area (Å²) in [7, 11) is -3.46. The van der Waals surface area contributed by atoms with Gasteiger partial charge in [0.15, 0.2) is 9.84 Å². The molecule has 0 bridgehead atoms. The molecular weight excluding hydrogens is 361 g/mol. The van der Waals surface area contributed by atoms with Gasteiger partial charge in [-0.05, 0) is 37.8 Å². The highest BCUT2D eigenvalue weighted by molar-refractivity contribution is 7.92. The fourth-order valence-corrected chi connectivity index (χ4v) is 6.08. The van der Waals surface area contributed by atoms with Gasteiger partial charge < -0.3 is 10.4 Å². The lowest BCUT2D eigenvalue weighted by molar-refractivity contribution is -0.146. The second-order valence-electron chi connectivity index (χ2n) is 6.68. The molecule has 6 nitrogen and oxygen atoms in total. The lowest BCUT2D eigenvalue weighted by Gasteiger charge is -2.49. The van der Waals surface area contributed by atoms with Crippen LogP contribution in [0.15, 0.2) is 18.3 Å². The Morgan fingerprint density at radius 2 is 2.00 bits per heavy atom. The van der Waals surface area contributed by atoms with Gasteiger partial charge in [0.1, 0.15) is 5.82 Å². The lowest BCUT2D eigenvalue weighted by atomic mass is 9.70. The monoisotopic (exact) mass is 378 g/mol. The third-order valence-corrected chi connectivity index (χ3v) is 7.65. The van der Waals surface area contributed by atoms with Gasteiger partial charge >= 0.3 is 12.1 Å². The second-order valence-corrected chi connectivity index (χ2v) is 9.18. The van der Waals surface area contributed by atoms with Crippen LogP contribution < -0.4 is 5.32 Å². The zero-order valence-electron chi connectivity index (χ0n) is 13.1. The van der Waals surface area contributed by atoms with Gasteiger partial charge in [0, 0.05) is 12.2 Å². The number of rotatable bonds is 3. The first-order valence-corrected chi connectivity index (χ1v) is 9.43. The molecule has 138 valence electrons. The molecule has 10 heteroatoms. The summed E-state index contributed by atoms with van der Waals surface area (Å²) in [6.45, 7) is 0. The highest BCUT2D eigenvalue weighted by atomic mass is 32.2. The maximum atomic E-state index is 13.1. The van der Waals surface area contributed by atoms with Crippen molar-refractivity contribution in [2.75, 3.05) is 11.1 Å². The van der Waals surface area contributed by atoms with Crippen LogP contribution >= 0.6 is 0 Å². The largest absolute Gasteiger partial charge is 0.481 e. The van der Waals surface area contributed by atoms with Gasteiger partial charge in [-0.25, -0.2) is 13.4 Å². The van der Waals surface area contributed by atoms with Crippen LogP contribution in [0.5, 0.6) is 0 Å². The van der Waals surface area contributed by atoms with E-state index in [1.54, 1.807) is 0 Å². The number of anilines is 1. The second kappa shape index (κ2) is 5.86. The Hall–Kier alpha value is -1.84. The van der Waals surface area contributed by atoms with Gasteiger partial charge in [-0.2, -0.15) is 13.2 Å². The van der Waals surface area contributed by atoms with E-state index in [1.165, 1.54) is 12.3 Å². The van der Waals surface area contributed by atoms with Crippen LogP contribution in [-0.4, -0.2) is 41.0 Å².